The van der Waals surface area contributed by atoms with E-state index in [4.69, 9.17) is 10.2 Å². The van der Waals surface area contributed by atoms with Gasteiger partial charge in [0.05, 0.1) is 5.71 Å². The third-order valence-electron chi connectivity index (χ3n) is 2.95. The van der Waals surface area contributed by atoms with Crippen LogP contribution in [0.5, 0.6) is 0 Å². The monoisotopic (exact) mass is 231 g/mol. The molecule has 0 atom stereocenters. The molecule has 1 N–H and O–H groups in total. The fourth-order valence-corrected chi connectivity index (χ4v) is 1.71. The molecule has 0 saturated carbocycles. The Hall–Kier alpha value is -1.84. The van der Waals surface area contributed by atoms with E-state index in [1.54, 1.807) is 0 Å². The van der Waals surface area contributed by atoms with Crippen molar-refractivity contribution in [1.29, 1.82) is 5.41 Å². The number of oxime groups is 1. The molecule has 1 aromatic rings. The fourth-order valence-electron chi connectivity index (χ4n) is 1.71. The minimum absolute atomic E-state index is 0.545. The van der Waals surface area contributed by atoms with E-state index in [-0.39, 0.29) is 0 Å². The number of benzene rings is 1. The minimum atomic E-state index is 0.545. The quantitative estimate of drug-likeness (QED) is 0.639. The van der Waals surface area contributed by atoms with E-state index in [1.807, 2.05) is 43.1 Å². The largest absolute Gasteiger partial charge is 0.395 e. The molecule has 1 aliphatic heterocycles. The van der Waals surface area contributed by atoms with E-state index >= 15 is 0 Å². The van der Waals surface area contributed by atoms with Crippen LogP contribution < -0.4 is 0 Å². The number of rotatable bonds is 3. The Kier molecular flexibility index (Phi) is 3.42. The molecule has 1 aliphatic rings. The molecule has 0 aliphatic carbocycles. The number of hydrogen-bond acceptors (Lipinski definition) is 3. The maximum absolute atomic E-state index is 7.99. The first-order valence-corrected chi connectivity index (χ1v) is 5.81. The first-order chi connectivity index (χ1) is 8.22. The van der Waals surface area contributed by atoms with Crippen molar-refractivity contribution in [3.63, 3.8) is 0 Å². The van der Waals surface area contributed by atoms with Gasteiger partial charge < -0.3 is 9.74 Å². The topological polar surface area (TPSA) is 48.7 Å². The Bertz CT molecular complexity index is 436. The van der Waals surface area contributed by atoms with Crippen LogP contribution in [0.15, 0.2) is 29.4 Å². The lowest BCUT2D eigenvalue weighted by molar-refractivity contribution is 0.174. The van der Waals surface area contributed by atoms with Gasteiger partial charge in [0, 0.05) is 25.6 Å². The molecule has 0 bridgehead atoms. The van der Waals surface area contributed by atoms with Crippen molar-refractivity contribution in [3.8, 4) is 0 Å². The third-order valence-corrected chi connectivity index (χ3v) is 2.95. The van der Waals surface area contributed by atoms with Crippen LogP contribution in [-0.2, 0) is 4.84 Å². The Labute approximate surface area is 101 Å². The van der Waals surface area contributed by atoms with Crippen LogP contribution in [-0.4, -0.2) is 36.6 Å². The number of hydrogen-bond donors (Lipinski definition) is 1. The van der Waals surface area contributed by atoms with E-state index in [2.05, 4.69) is 5.16 Å². The molecular weight excluding hydrogens is 214 g/mol. The molecule has 1 heterocycles. The smallest absolute Gasteiger partial charge is 0.127 e. The Morgan fingerprint density at radius 2 is 2.12 bits per heavy atom. The van der Waals surface area contributed by atoms with Crippen molar-refractivity contribution >= 4 is 11.5 Å². The molecule has 1 aromatic carbocycles. The third kappa shape index (κ3) is 2.46. The van der Waals surface area contributed by atoms with Crippen LogP contribution >= 0.6 is 0 Å². The summed E-state index contributed by atoms with van der Waals surface area (Å²) in [4.78, 5) is 6.89. The summed E-state index contributed by atoms with van der Waals surface area (Å²) < 4.78 is 0. The zero-order valence-corrected chi connectivity index (χ0v) is 10.2. The molecule has 0 saturated heterocycles. The molecule has 0 aromatic heterocycles. The molecule has 0 spiro atoms. The van der Waals surface area contributed by atoms with E-state index in [9.17, 15) is 0 Å². The molecule has 0 unspecified atom stereocenters. The second-order valence-electron chi connectivity index (χ2n) is 4.06. The number of nitrogens with zero attached hydrogens (tertiary/aromatic N) is 2. The Morgan fingerprint density at radius 1 is 1.41 bits per heavy atom. The Balaban J connectivity index is 2.15. The molecule has 4 heteroatoms. The predicted octanol–water partition coefficient (Wildman–Crippen LogP) is 2.09. The van der Waals surface area contributed by atoms with Gasteiger partial charge in [-0.2, -0.15) is 0 Å². The summed E-state index contributed by atoms with van der Waals surface area (Å²) in [5.74, 6) is 0.545. The van der Waals surface area contributed by atoms with Crippen molar-refractivity contribution in [3.05, 3.63) is 35.4 Å². The molecule has 0 fully saturated rings. The predicted molar refractivity (Wildman–Crippen MR) is 68.7 cm³/mol. The summed E-state index contributed by atoms with van der Waals surface area (Å²) in [5, 5.41) is 12.0. The Morgan fingerprint density at radius 3 is 2.65 bits per heavy atom. The van der Waals surface area contributed by atoms with Gasteiger partial charge in [-0.15, -0.1) is 0 Å². The van der Waals surface area contributed by atoms with E-state index in [0.717, 1.165) is 29.8 Å². The summed E-state index contributed by atoms with van der Waals surface area (Å²) in [6.45, 7) is 3.54. The van der Waals surface area contributed by atoms with Crippen LogP contribution in [0.2, 0.25) is 0 Å². The van der Waals surface area contributed by atoms with Crippen molar-refractivity contribution in [2.45, 2.75) is 13.3 Å². The van der Waals surface area contributed by atoms with Gasteiger partial charge in [-0.05, 0) is 12.5 Å². The summed E-state index contributed by atoms with van der Waals surface area (Å²) >= 11 is 0. The molecular formula is C13H17N3O. The average molecular weight is 231 g/mol. The number of amidine groups is 1. The molecule has 0 radical (unpaired) electrons. The molecule has 2 rings (SSSR count). The lowest BCUT2D eigenvalue weighted by atomic mass is 10.1. The van der Waals surface area contributed by atoms with E-state index in [0.29, 0.717) is 12.4 Å². The minimum Gasteiger partial charge on any atom is -0.395 e. The van der Waals surface area contributed by atoms with Gasteiger partial charge in [0.25, 0.3) is 0 Å². The maximum Gasteiger partial charge on any atom is 0.127 e. The summed E-state index contributed by atoms with van der Waals surface area (Å²) in [6, 6.07) is 7.93. The number of nitrogens with one attached hydrogen (secondary N) is 1. The first-order valence-electron chi connectivity index (χ1n) is 5.81. The highest BCUT2D eigenvalue weighted by atomic mass is 16.6. The standard InChI is InChI=1S/C13H17N3O/c1-3-16(2)13(14)11-6-4-10(5-7-11)12-8-9-17-15-12/h4-7,14H,3,8-9H2,1-2H3. The van der Waals surface area contributed by atoms with Gasteiger partial charge in [-0.25, -0.2) is 0 Å². The van der Waals surface area contributed by atoms with Gasteiger partial charge in [0.2, 0.25) is 0 Å². The normalized spacial score (nSPS) is 14.1. The van der Waals surface area contributed by atoms with Gasteiger partial charge in [-0.1, -0.05) is 29.4 Å². The molecule has 0 amide bonds. The lowest BCUT2D eigenvalue weighted by Gasteiger charge is -2.17. The van der Waals surface area contributed by atoms with E-state index < -0.39 is 0 Å². The molecule has 17 heavy (non-hydrogen) atoms. The second-order valence-corrected chi connectivity index (χ2v) is 4.06. The lowest BCUT2D eigenvalue weighted by Crippen LogP contribution is -2.26. The first kappa shape index (κ1) is 11.6. The van der Waals surface area contributed by atoms with Crippen LogP contribution in [0, 0.1) is 5.41 Å². The maximum atomic E-state index is 7.99. The summed E-state index contributed by atoms with van der Waals surface area (Å²) in [7, 11) is 1.92. The highest BCUT2D eigenvalue weighted by molar-refractivity contribution is 6.02. The van der Waals surface area contributed by atoms with Crippen molar-refractivity contribution in [1.82, 2.24) is 4.90 Å². The summed E-state index contributed by atoms with van der Waals surface area (Å²) in [6.07, 6.45) is 0.867. The zero-order chi connectivity index (χ0) is 12.3. The van der Waals surface area contributed by atoms with Crippen molar-refractivity contribution < 1.29 is 4.84 Å². The highest BCUT2D eigenvalue weighted by Gasteiger charge is 2.11. The SMILES string of the molecule is CCN(C)C(=N)c1ccc(C2=NOCC2)cc1. The van der Waals surface area contributed by atoms with E-state index in [1.165, 1.54) is 0 Å². The summed E-state index contributed by atoms with van der Waals surface area (Å²) in [5.41, 5.74) is 3.00. The van der Waals surface area contributed by atoms with Crippen LogP contribution in [0.3, 0.4) is 0 Å². The van der Waals surface area contributed by atoms with Crippen LogP contribution in [0.25, 0.3) is 0 Å². The molecule has 90 valence electrons. The van der Waals surface area contributed by atoms with Crippen LogP contribution in [0.4, 0.5) is 0 Å². The van der Waals surface area contributed by atoms with Crippen LogP contribution in [0.1, 0.15) is 24.5 Å². The second kappa shape index (κ2) is 4.99. The van der Waals surface area contributed by atoms with Gasteiger partial charge in [-0.3, -0.25) is 5.41 Å². The van der Waals surface area contributed by atoms with Crippen molar-refractivity contribution in [2.75, 3.05) is 20.2 Å². The zero-order valence-electron chi connectivity index (χ0n) is 10.2. The average Bonchev–Trinajstić information content (AvgIpc) is 2.91. The van der Waals surface area contributed by atoms with Crippen molar-refractivity contribution in [2.24, 2.45) is 5.16 Å². The van der Waals surface area contributed by atoms with Gasteiger partial charge >= 0.3 is 0 Å². The highest BCUT2D eigenvalue weighted by Crippen LogP contribution is 2.13. The fraction of sp³-hybridized carbons (Fsp3) is 0.385. The molecule has 4 nitrogen and oxygen atoms in total. The van der Waals surface area contributed by atoms with Gasteiger partial charge in [0.15, 0.2) is 0 Å². The van der Waals surface area contributed by atoms with Gasteiger partial charge in [0.1, 0.15) is 12.4 Å².